The average molecular weight is 529 g/mol. The topological polar surface area (TPSA) is 131 Å². The van der Waals surface area contributed by atoms with Crippen LogP contribution in [0.15, 0.2) is 83.9 Å². The van der Waals surface area contributed by atoms with Gasteiger partial charge >= 0.3 is 0 Å². The summed E-state index contributed by atoms with van der Waals surface area (Å²) < 4.78 is 5.82. The van der Waals surface area contributed by atoms with E-state index in [1.165, 1.54) is 24.6 Å². The Balaban J connectivity index is 1.39. The zero-order valence-electron chi connectivity index (χ0n) is 20.8. The monoisotopic (exact) mass is 528 g/mol. The summed E-state index contributed by atoms with van der Waals surface area (Å²) >= 11 is 1.17. The third kappa shape index (κ3) is 7.73. The minimum Gasteiger partial charge on any atom is -0.457 e. The number of hydrogen-bond acceptors (Lipinski definition) is 7. The number of carbonyl (C=O) groups excluding carboxylic acids is 2. The first-order chi connectivity index (χ1) is 18.5. The van der Waals surface area contributed by atoms with Gasteiger partial charge in [0.15, 0.2) is 5.13 Å². The van der Waals surface area contributed by atoms with E-state index in [1.54, 1.807) is 0 Å². The van der Waals surface area contributed by atoms with Gasteiger partial charge in [0.1, 0.15) is 22.7 Å². The molecular formula is C28H28N6O3S. The third-order valence-corrected chi connectivity index (χ3v) is 6.43. The number of para-hydroxylation sites is 1. The molecule has 194 valence electrons. The summed E-state index contributed by atoms with van der Waals surface area (Å²) in [4.78, 5) is 33.8. The van der Waals surface area contributed by atoms with Crippen LogP contribution in [0.4, 0.5) is 10.8 Å². The summed E-state index contributed by atoms with van der Waals surface area (Å²) in [5, 5.41) is 6.05. The molecule has 0 radical (unpaired) electrons. The van der Waals surface area contributed by atoms with Gasteiger partial charge in [-0.3, -0.25) is 9.59 Å². The number of nitrogens with two attached hydrogens (primary N) is 1. The molecule has 0 saturated carbocycles. The molecule has 0 bridgehead atoms. The number of benzene rings is 3. The second-order valence-corrected chi connectivity index (χ2v) is 9.31. The van der Waals surface area contributed by atoms with E-state index >= 15 is 0 Å². The third-order valence-electron chi connectivity index (χ3n) is 5.42. The summed E-state index contributed by atoms with van der Waals surface area (Å²) in [6, 6.07) is 24.8. The minimum absolute atomic E-state index is 0.238. The van der Waals surface area contributed by atoms with Crippen LogP contribution in [0.3, 0.4) is 0 Å². The Morgan fingerprint density at radius 2 is 1.63 bits per heavy atom. The molecule has 0 atom stereocenters. The predicted octanol–water partition coefficient (Wildman–Crippen LogP) is 4.73. The van der Waals surface area contributed by atoms with Crippen LogP contribution in [-0.2, 0) is 24.2 Å². The highest BCUT2D eigenvalue weighted by Gasteiger charge is 2.19. The molecule has 0 unspecified atom stereocenters. The minimum atomic E-state index is -0.238. The van der Waals surface area contributed by atoms with Crippen molar-refractivity contribution in [1.82, 2.24) is 15.7 Å². The number of aliphatic imine (C=N–C) groups is 1. The molecule has 38 heavy (non-hydrogen) atoms. The van der Waals surface area contributed by atoms with Crippen LogP contribution < -0.4 is 26.6 Å². The van der Waals surface area contributed by atoms with Gasteiger partial charge in [-0.1, -0.05) is 53.8 Å². The standard InChI is InChI=1S/C28H28N6O3S/c1-19(35)33-28-34-25(16-11-20-7-12-22(13-8-20)31-18-32-29)26(38-28)27(36)30-17-21-9-14-24(15-10-21)37-23-5-3-2-4-6-23/h2-10,12-15,18H,11,16-17,29H2,1H3,(H,30,36)(H,31,32)(H,33,34,35). The van der Waals surface area contributed by atoms with Crippen LogP contribution in [0.25, 0.3) is 0 Å². The Morgan fingerprint density at radius 3 is 2.32 bits per heavy atom. The lowest BCUT2D eigenvalue weighted by molar-refractivity contribution is -0.114. The molecule has 5 N–H and O–H groups in total. The van der Waals surface area contributed by atoms with Crippen molar-refractivity contribution in [3.63, 3.8) is 0 Å². The van der Waals surface area contributed by atoms with E-state index in [9.17, 15) is 9.59 Å². The number of amides is 2. The van der Waals surface area contributed by atoms with Gasteiger partial charge in [-0.25, -0.2) is 15.8 Å². The lowest BCUT2D eigenvalue weighted by Gasteiger charge is -2.08. The van der Waals surface area contributed by atoms with Gasteiger partial charge in [0.05, 0.1) is 11.4 Å². The second kappa shape index (κ2) is 13.1. The molecule has 1 aromatic heterocycles. The van der Waals surface area contributed by atoms with Crippen molar-refractivity contribution in [2.45, 2.75) is 26.3 Å². The van der Waals surface area contributed by atoms with Crippen LogP contribution in [0.1, 0.15) is 33.4 Å². The smallest absolute Gasteiger partial charge is 0.263 e. The number of hydrogen-bond donors (Lipinski definition) is 4. The van der Waals surface area contributed by atoms with Crippen LogP contribution >= 0.6 is 11.3 Å². The van der Waals surface area contributed by atoms with Crippen LogP contribution in [0, 0.1) is 0 Å². The highest BCUT2D eigenvalue weighted by molar-refractivity contribution is 7.17. The Hall–Kier alpha value is -4.54. The SMILES string of the molecule is CC(=O)Nc1nc(CCc2ccc(N=CNN)cc2)c(C(=O)NCc2ccc(Oc3ccccc3)cc2)s1. The number of hydrazine groups is 1. The molecule has 4 rings (SSSR count). The molecule has 0 fully saturated rings. The first-order valence-corrected chi connectivity index (χ1v) is 12.8. The molecule has 0 aliphatic carbocycles. The average Bonchev–Trinajstić information content (AvgIpc) is 3.33. The van der Waals surface area contributed by atoms with Gasteiger partial charge in [0, 0.05) is 13.5 Å². The summed E-state index contributed by atoms with van der Waals surface area (Å²) in [7, 11) is 0. The second-order valence-electron chi connectivity index (χ2n) is 8.31. The zero-order chi connectivity index (χ0) is 26.7. The summed E-state index contributed by atoms with van der Waals surface area (Å²) in [6.45, 7) is 1.76. The number of nitrogens with one attached hydrogen (secondary N) is 3. The van der Waals surface area contributed by atoms with E-state index in [1.807, 2.05) is 78.9 Å². The predicted molar refractivity (Wildman–Crippen MR) is 150 cm³/mol. The van der Waals surface area contributed by atoms with E-state index in [0.29, 0.717) is 40.8 Å². The normalized spacial score (nSPS) is 10.8. The maximum absolute atomic E-state index is 13.1. The number of anilines is 1. The maximum atomic E-state index is 13.1. The number of aromatic nitrogens is 1. The number of nitrogens with zero attached hydrogens (tertiary/aromatic N) is 2. The van der Waals surface area contributed by atoms with Crippen molar-refractivity contribution in [1.29, 1.82) is 0 Å². The summed E-state index contributed by atoms with van der Waals surface area (Å²) in [5.41, 5.74) is 5.78. The first kappa shape index (κ1) is 26.5. The van der Waals surface area contributed by atoms with Gasteiger partial charge in [-0.2, -0.15) is 0 Å². The highest BCUT2D eigenvalue weighted by Crippen LogP contribution is 2.26. The van der Waals surface area contributed by atoms with Crippen LogP contribution in [0.2, 0.25) is 0 Å². The quantitative estimate of drug-likeness (QED) is 0.0963. The Labute approximate surface area is 224 Å². The summed E-state index contributed by atoms with van der Waals surface area (Å²) in [5.74, 6) is 6.20. The summed E-state index contributed by atoms with van der Waals surface area (Å²) in [6.07, 6.45) is 2.62. The van der Waals surface area contributed by atoms with Crippen LogP contribution in [0.5, 0.6) is 11.5 Å². The molecule has 0 saturated heterocycles. The Kier molecular flexibility index (Phi) is 9.17. The highest BCUT2D eigenvalue weighted by atomic mass is 32.1. The van der Waals surface area contributed by atoms with Crippen molar-refractivity contribution in [2.75, 3.05) is 5.32 Å². The molecule has 1 heterocycles. The molecule has 0 aliphatic rings. The molecular weight excluding hydrogens is 500 g/mol. The number of carbonyl (C=O) groups is 2. The van der Waals surface area contributed by atoms with Crippen molar-refractivity contribution in [3.8, 4) is 11.5 Å². The van der Waals surface area contributed by atoms with Gasteiger partial charge in [-0.15, -0.1) is 0 Å². The van der Waals surface area contributed by atoms with Gasteiger partial charge < -0.3 is 20.8 Å². The number of ether oxygens (including phenoxy) is 1. The van der Waals surface area contributed by atoms with Crippen molar-refractivity contribution in [3.05, 3.63) is 101 Å². The molecule has 4 aromatic rings. The lowest BCUT2D eigenvalue weighted by Crippen LogP contribution is -2.23. The maximum Gasteiger partial charge on any atom is 0.263 e. The molecule has 10 heteroatoms. The van der Waals surface area contributed by atoms with Gasteiger partial charge in [-0.05, 0) is 60.4 Å². The fraction of sp³-hybridized carbons (Fsp3) is 0.143. The first-order valence-electron chi connectivity index (χ1n) is 11.9. The molecule has 3 aromatic carbocycles. The molecule has 0 aliphatic heterocycles. The van der Waals surface area contributed by atoms with Crippen molar-refractivity contribution in [2.24, 2.45) is 10.8 Å². The van der Waals surface area contributed by atoms with E-state index < -0.39 is 0 Å². The van der Waals surface area contributed by atoms with E-state index in [2.05, 4.69) is 26.0 Å². The lowest BCUT2D eigenvalue weighted by atomic mass is 10.1. The fourth-order valence-corrected chi connectivity index (χ4v) is 4.56. The van der Waals surface area contributed by atoms with E-state index in [4.69, 9.17) is 10.6 Å². The number of thiazole rings is 1. The van der Waals surface area contributed by atoms with Gasteiger partial charge in [0.2, 0.25) is 5.91 Å². The molecule has 2 amide bonds. The number of rotatable bonds is 11. The zero-order valence-corrected chi connectivity index (χ0v) is 21.6. The Morgan fingerprint density at radius 1 is 0.947 bits per heavy atom. The Bertz CT molecular complexity index is 1390. The van der Waals surface area contributed by atoms with E-state index in [-0.39, 0.29) is 11.8 Å². The van der Waals surface area contributed by atoms with Gasteiger partial charge in [0.25, 0.3) is 5.91 Å². The van der Waals surface area contributed by atoms with Crippen molar-refractivity contribution < 1.29 is 14.3 Å². The number of aryl methyl sites for hydroxylation is 2. The van der Waals surface area contributed by atoms with Crippen molar-refractivity contribution >= 4 is 40.3 Å². The largest absolute Gasteiger partial charge is 0.457 e. The molecule has 0 spiro atoms. The molecule has 9 nitrogen and oxygen atoms in total. The van der Waals surface area contributed by atoms with Crippen LogP contribution in [-0.4, -0.2) is 23.1 Å². The fourth-order valence-electron chi connectivity index (χ4n) is 3.59. The van der Waals surface area contributed by atoms with E-state index in [0.717, 1.165) is 22.6 Å².